The van der Waals surface area contributed by atoms with Crippen LogP contribution in [0.3, 0.4) is 0 Å². The molecule has 1 aromatic rings. The second kappa shape index (κ2) is 5.73. The molecule has 0 amide bonds. The summed E-state index contributed by atoms with van der Waals surface area (Å²) in [6.45, 7) is 4.05. The molecule has 1 nitrogen and oxygen atoms in total. The third kappa shape index (κ3) is 3.59. The van der Waals surface area contributed by atoms with Gasteiger partial charge in [0.1, 0.15) is 11.0 Å². The molecule has 0 radical (unpaired) electrons. The fraction of sp³-hybridized carbons (Fsp3) is 0.300. The fourth-order valence-corrected chi connectivity index (χ4v) is 2.65. The largest absolute Gasteiger partial charge is 0.476 e. The molecule has 1 unspecified atom stereocenters. The van der Waals surface area contributed by atoms with Crippen molar-refractivity contribution in [1.29, 1.82) is 0 Å². The van der Waals surface area contributed by atoms with Gasteiger partial charge in [-0.2, -0.15) is 0 Å². The van der Waals surface area contributed by atoms with Gasteiger partial charge in [0.2, 0.25) is 0 Å². The number of hydrogen-bond acceptors (Lipinski definition) is 3. The zero-order chi connectivity index (χ0) is 10.6. The van der Waals surface area contributed by atoms with Crippen LogP contribution in [0.15, 0.2) is 27.6 Å². The highest BCUT2D eigenvalue weighted by Crippen LogP contribution is 2.31. The van der Waals surface area contributed by atoms with Crippen LogP contribution in [0.2, 0.25) is 0 Å². The molecule has 0 aliphatic carbocycles. The highest BCUT2D eigenvalue weighted by Gasteiger charge is 2.06. The van der Waals surface area contributed by atoms with Crippen LogP contribution in [-0.4, -0.2) is 11.0 Å². The summed E-state index contributed by atoms with van der Waals surface area (Å²) in [7, 11) is 0. The van der Waals surface area contributed by atoms with Crippen molar-refractivity contribution in [2.24, 2.45) is 0 Å². The molecule has 0 heterocycles. The summed E-state index contributed by atoms with van der Waals surface area (Å²) in [5.74, 6) is 0. The van der Waals surface area contributed by atoms with E-state index in [-0.39, 0.29) is 5.44 Å². The van der Waals surface area contributed by atoms with Gasteiger partial charge in [0.25, 0.3) is 0 Å². The van der Waals surface area contributed by atoms with Gasteiger partial charge in [-0.15, -0.1) is 0 Å². The summed E-state index contributed by atoms with van der Waals surface area (Å²) < 4.78 is 6.26. The third-order valence-electron chi connectivity index (χ3n) is 1.63. The Labute approximate surface area is 102 Å². The van der Waals surface area contributed by atoms with E-state index in [4.69, 9.17) is 4.74 Å². The van der Waals surface area contributed by atoms with Gasteiger partial charge in [0.05, 0.1) is 0 Å². The van der Waals surface area contributed by atoms with Gasteiger partial charge in [-0.3, -0.25) is 0 Å². The molecule has 14 heavy (non-hydrogen) atoms. The summed E-state index contributed by atoms with van der Waals surface area (Å²) in [6.07, 6.45) is 0. The molecule has 76 valence electrons. The standard InChI is InChI=1S/C10H11BrOS2/c1-7-3-4-9(11)10(5-7)14-8(2)12-6-13/h3-6,8H,1-2H3. The lowest BCUT2D eigenvalue weighted by atomic mass is 10.2. The number of benzene rings is 1. The lowest BCUT2D eigenvalue weighted by molar-refractivity contribution is 0.317. The van der Waals surface area contributed by atoms with E-state index in [1.54, 1.807) is 11.8 Å². The predicted octanol–water partition coefficient (Wildman–Crippen LogP) is 4.17. The first kappa shape index (κ1) is 12.0. The molecule has 0 spiro atoms. The highest BCUT2D eigenvalue weighted by molar-refractivity contribution is 9.10. The first-order chi connectivity index (χ1) is 6.63. The Bertz CT molecular complexity index is 328. The number of rotatable bonds is 4. The molecule has 1 atom stereocenters. The van der Waals surface area contributed by atoms with Gasteiger partial charge < -0.3 is 4.74 Å². The quantitative estimate of drug-likeness (QED) is 0.468. The van der Waals surface area contributed by atoms with Crippen molar-refractivity contribution < 1.29 is 4.74 Å². The van der Waals surface area contributed by atoms with Crippen LogP contribution in [0.4, 0.5) is 0 Å². The molecule has 0 bridgehead atoms. The Balaban J connectivity index is 2.74. The van der Waals surface area contributed by atoms with Crippen LogP contribution in [-0.2, 0) is 4.74 Å². The number of thiocarbonyl (C=S) groups is 1. The second-order valence-electron chi connectivity index (χ2n) is 2.85. The van der Waals surface area contributed by atoms with Crippen molar-refractivity contribution >= 4 is 45.5 Å². The minimum atomic E-state index is 0.0469. The highest BCUT2D eigenvalue weighted by atomic mass is 79.9. The lowest BCUT2D eigenvalue weighted by Crippen LogP contribution is -1.99. The number of ether oxygens (including phenoxy) is 1. The van der Waals surface area contributed by atoms with Gasteiger partial charge in [-0.05, 0) is 59.7 Å². The molecular weight excluding hydrogens is 280 g/mol. The van der Waals surface area contributed by atoms with E-state index in [1.165, 1.54) is 16.0 Å². The minimum Gasteiger partial charge on any atom is -0.476 e. The fourth-order valence-electron chi connectivity index (χ4n) is 0.986. The van der Waals surface area contributed by atoms with Gasteiger partial charge in [0.15, 0.2) is 0 Å². The van der Waals surface area contributed by atoms with Gasteiger partial charge in [-0.1, -0.05) is 17.8 Å². The topological polar surface area (TPSA) is 9.23 Å². The Morgan fingerprint density at radius 3 is 2.93 bits per heavy atom. The van der Waals surface area contributed by atoms with Crippen molar-refractivity contribution in [2.75, 3.05) is 0 Å². The van der Waals surface area contributed by atoms with Crippen LogP contribution < -0.4 is 0 Å². The minimum absolute atomic E-state index is 0.0469. The van der Waals surface area contributed by atoms with Crippen molar-refractivity contribution in [1.82, 2.24) is 0 Å². The average molecular weight is 291 g/mol. The van der Waals surface area contributed by atoms with Crippen molar-refractivity contribution in [2.45, 2.75) is 24.2 Å². The van der Waals surface area contributed by atoms with Crippen LogP contribution in [0.5, 0.6) is 0 Å². The van der Waals surface area contributed by atoms with E-state index >= 15 is 0 Å². The number of thioether (sulfide) groups is 1. The maximum atomic E-state index is 5.17. The number of aryl methyl sites for hydroxylation is 1. The Morgan fingerprint density at radius 1 is 1.57 bits per heavy atom. The Morgan fingerprint density at radius 2 is 2.29 bits per heavy atom. The molecule has 0 saturated heterocycles. The zero-order valence-electron chi connectivity index (χ0n) is 7.99. The summed E-state index contributed by atoms with van der Waals surface area (Å²) in [6, 6.07) is 6.23. The molecule has 4 heteroatoms. The third-order valence-corrected chi connectivity index (χ3v) is 3.73. The van der Waals surface area contributed by atoms with Crippen LogP contribution in [0.1, 0.15) is 12.5 Å². The maximum absolute atomic E-state index is 5.17. The normalized spacial score (nSPS) is 12.2. The van der Waals surface area contributed by atoms with E-state index in [0.717, 1.165) is 4.47 Å². The summed E-state index contributed by atoms with van der Waals surface area (Å²) >= 11 is 9.77. The molecule has 1 aromatic carbocycles. The molecular formula is C10H11BrOS2. The first-order valence-corrected chi connectivity index (χ1v) is 6.30. The van der Waals surface area contributed by atoms with Crippen LogP contribution in [0, 0.1) is 6.92 Å². The Hall–Kier alpha value is -0.0600. The number of hydrogen-bond donors (Lipinski definition) is 0. The van der Waals surface area contributed by atoms with Gasteiger partial charge >= 0.3 is 0 Å². The predicted molar refractivity (Wildman–Crippen MR) is 68.9 cm³/mol. The van der Waals surface area contributed by atoms with E-state index < -0.39 is 0 Å². The molecule has 1 rings (SSSR count). The van der Waals surface area contributed by atoms with Crippen molar-refractivity contribution in [3.8, 4) is 0 Å². The SMILES string of the molecule is Cc1ccc(Br)c(SC(C)OC=S)c1. The molecule has 0 saturated carbocycles. The van der Waals surface area contributed by atoms with Gasteiger partial charge in [0, 0.05) is 9.37 Å². The summed E-state index contributed by atoms with van der Waals surface area (Å²) in [5.41, 5.74) is 2.59. The second-order valence-corrected chi connectivity index (χ2v) is 5.24. The van der Waals surface area contributed by atoms with Crippen molar-refractivity contribution in [3.05, 3.63) is 28.2 Å². The average Bonchev–Trinajstić information content (AvgIpc) is 2.12. The molecule has 0 aromatic heterocycles. The molecule has 0 N–H and O–H groups in total. The van der Waals surface area contributed by atoms with Gasteiger partial charge in [-0.25, -0.2) is 0 Å². The summed E-state index contributed by atoms with van der Waals surface area (Å²) in [4.78, 5) is 1.18. The number of halogens is 1. The first-order valence-electron chi connectivity index (χ1n) is 4.15. The van der Waals surface area contributed by atoms with E-state index in [2.05, 4.69) is 47.2 Å². The van der Waals surface area contributed by atoms with Crippen LogP contribution >= 0.6 is 39.9 Å². The zero-order valence-corrected chi connectivity index (χ0v) is 11.2. The van der Waals surface area contributed by atoms with Crippen molar-refractivity contribution in [3.63, 3.8) is 0 Å². The maximum Gasteiger partial charge on any atom is 0.148 e. The van der Waals surface area contributed by atoms with E-state index in [1.807, 2.05) is 13.0 Å². The monoisotopic (exact) mass is 290 g/mol. The smallest absolute Gasteiger partial charge is 0.148 e. The molecule has 0 fully saturated rings. The molecule has 0 aliphatic heterocycles. The Kier molecular flexibility index (Phi) is 4.92. The van der Waals surface area contributed by atoms with E-state index in [9.17, 15) is 0 Å². The molecule has 0 aliphatic rings. The lowest BCUT2D eigenvalue weighted by Gasteiger charge is -2.11. The van der Waals surface area contributed by atoms with Crippen LogP contribution in [0.25, 0.3) is 0 Å². The summed E-state index contributed by atoms with van der Waals surface area (Å²) in [5, 5.41) is 0. The van der Waals surface area contributed by atoms with E-state index in [0.29, 0.717) is 0 Å².